The Balaban J connectivity index is 1.46. The second-order valence-corrected chi connectivity index (χ2v) is 8.10. The van der Waals surface area contributed by atoms with E-state index in [2.05, 4.69) is 0 Å². The number of carbonyl (C=O) groups is 3. The van der Waals surface area contributed by atoms with Crippen molar-refractivity contribution in [3.8, 4) is 0 Å². The molecule has 33 heavy (non-hydrogen) atoms. The fraction of sp³-hybridized carbons (Fsp3) is 0.269. The molecule has 0 bridgehead atoms. The quantitative estimate of drug-likeness (QED) is 0.541. The molecule has 2 amide bonds. The minimum atomic E-state index is -0.845. The Hall–Kier alpha value is -3.87. The monoisotopic (exact) mass is 446 g/mol. The molecular formula is C26H26N2O5. The van der Waals surface area contributed by atoms with Crippen molar-refractivity contribution in [3.63, 3.8) is 0 Å². The second-order valence-electron chi connectivity index (χ2n) is 8.10. The minimum absolute atomic E-state index is 0.152. The second kappa shape index (κ2) is 9.73. The van der Waals surface area contributed by atoms with Crippen molar-refractivity contribution in [1.82, 2.24) is 9.80 Å². The topological polar surface area (TPSA) is 80.1 Å². The standard InChI is InChI=1S/C26H26N2O5/c1-18(19-9-4-3-5-10-19)27(2)24(29)17-33-26(31)22-15-20-11-6-7-12-21(20)16-28(22)25(30)23-13-8-14-32-23/h3-14,18,22H,15-17H2,1-2H3. The van der Waals surface area contributed by atoms with E-state index in [9.17, 15) is 14.4 Å². The van der Waals surface area contributed by atoms with Gasteiger partial charge in [0, 0.05) is 20.0 Å². The normalized spacial score (nSPS) is 15.9. The molecule has 2 atom stereocenters. The molecule has 1 aliphatic heterocycles. The van der Waals surface area contributed by atoms with Crippen molar-refractivity contribution in [1.29, 1.82) is 0 Å². The Labute approximate surface area is 192 Å². The number of rotatable bonds is 6. The average molecular weight is 447 g/mol. The van der Waals surface area contributed by atoms with Crippen LogP contribution in [0.5, 0.6) is 0 Å². The maximum atomic E-state index is 13.0. The average Bonchev–Trinajstić information content (AvgIpc) is 3.40. The van der Waals surface area contributed by atoms with E-state index in [1.807, 2.05) is 61.5 Å². The zero-order chi connectivity index (χ0) is 23.4. The predicted octanol–water partition coefficient (Wildman–Crippen LogP) is 3.61. The Kier molecular flexibility index (Phi) is 6.58. The molecule has 7 heteroatoms. The highest BCUT2D eigenvalue weighted by molar-refractivity contribution is 5.95. The number of carbonyl (C=O) groups excluding carboxylic acids is 3. The SMILES string of the molecule is CC(c1ccccc1)N(C)C(=O)COC(=O)C1Cc2ccccc2CN1C(=O)c1ccco1. The number of likely N-dealkylation sites (N-methyl/N-ethyl adjacent to an activating group) is 1. The van der Waals surface area contributed by atoms with Crippen LogP contribution in [-0.2, 0) is 27.3 Å². The van der Waals surface area contributed by atoms with Gasteiger partial charge >= 0.3 is 5.97 Å². The van der Waals surface area contributed by atoms with Crippen molar-refractivity contribution in [3.05, 3.63) is 95.4 Å². The van der Waals surface area contributed by atoms with Gasteiger partial charge < -0.3 is 19.0 Å². The summed E-state index contributed by atoms with van der Waals surface area (Å²) in [5.41, 5.74) is 2.93. The molecule has 2 aromatic carbocycles. The minimum Gasteiger partial charge on any atom is -0.459 e. The number of esters is 1. The van der Waals surface area contributed by atoms with Crippen molar-refractivity contribution in [2.45, 2.75) is 32.0 Å². The van der Waals surface area contributed by atoms with Crippen molar-refractivity contribution >= 4 is 17.8 Å². The highest BCUT2D eigenvalue weighted by Crippen LogP contribution is 2.26. The fourth-order valence-electron chi connectivity index (χ4n) is 3.99. The maximum absolute atomic E-state index is 13.0. The fourth-order valence-corrected chi connectivity index (χ4v) is 3.99. The van der Waals surface area contributed by atoms with E-state index in [0.29, 0.717) is 6.42 Å². The third kappa shape index (κ3) is 4.82. The lowest BCUT2D eigenvalue weighted by molar-refractivity contribution is -0.156. The third-order valence-corrected chi connectivity index (χ3v) is 6.11. The highest BCUT2D eigenvalue weighted by Gasteiger charge is 2.37. The summed E-state index contributed by atoms with van der Waals surface area (Å²) >= 11 is 0. The smallest absolute Gasteiger partial charge is 0.329 e. The molecular weight excluding hydrogens is 420 g/mol. The number of furan rings is 1. The van der Waals surface area contributed by atoms with Gasteiger partial charge in [-0.2, -0.15) is 0 Å². The van der Waals surface area contributed by atoms with E-state index < -0.39 is 24.5 Å². The molecule has 170 valence electrons. The van der Waals surface area contributed by atoms with E-state index in [1.165, 1.54) is 11.2 Å². The first kappa shape index (κ1) is 22.3. The van der Waals surface area contributed by atoms with Gasteiger partial charge in [0.15, 0.2) is 12.4 Å². The van der Waals surface area contributed by atoms with E-state index >= 15 is 0 Å². The van der Waals surface area contributed by atoms with E-state index in [4.69, 9.17) is 9.15 Å². The number of ether oxygens (including phenoxy) is 1. The zero-order valence-corrected chi connectivity index (χ0v) is 18.6. The Bertz CT molecular complexity index is 1130. The zero-order valence-electron chi connectivity index (χ0n) is 18.6. The highest BCUT2D eigenvalue weighted by atomic mass is 16.5. The molecule has 1 aromatic heterocycles. The third-order valence-electron chi connectivity index (χ3n) is 6.11. The maximum Gasteiger partial charge on any atom is 0.329 e. The van der Waals surface area contributed by atoms with Crippen molar-refractivity contribution in [2.24, 2.45) is 0 Å². The van der Waals surface area contributed by atoms with Crippen LogP contribution < -0.4 is 0 Å². The van der Waals surface area contributed by atoms with Crippen LogP contribution in [0, 0.1) is 0 Å². The lowest BCUT2D eigenvalue weighted by Gasteiger charge is -2.35. The van der Waals surface area contributed by atoms with Gasteiger partial charge in [-0.25, -0.2) is 4.79 Å². The summed E-state index contributed by atoms with van der Waals surface area (Å²) in [6.45, 7) is 1.78. The molecule has 2 heterocycles. The van der Waals surface area contributed by atoms with Crippen molar-refractivity contribution < 1.29 is 23.5 Å². The summed E-state index contributed by atoms with van der Waals surface area (Å²) < 4.78 is 10.7. The van der Waals surface area contributed by atoms with Crippen LogP contribution in [0.15, 0.2) is 77.4 Å². The molecule has 3 aromatic rings. The number of hydrogen-bond donors (Lipinski definition) is 0. The first-order chi connectivity index (χ1) is 16.0. The summed E-state index contributed by atoms with van der Waals surface area (Å²) in [6, 6.07) is 19.5. The van der Waals surface area contributed by atoms with E-state index in [1.54, 1.807) is 24.1 Å². The Morgan fingerprint density at radius 1 is 1.03 bits per heavy atom. The van der Waals surface area contributed by atoms with E-state index in [0.717, 1.165) is 16.7 Å². The van der Waals surface area contributed by atoms with Crippen LogP contribution >= 0.6 is 0 Å². The Morgan fingerprint density at radius 2 is 1.73 bits per heavy atom. The van der Waals surface area contributed by atoms with Crippen LogP contribution in [0.3, 0.4) is 0 Å². The summed E-state index contributed by atoms with van der Waals surface area (Å²) in [5.74, 6) is -1.17. The summed E-state index contributed by atoms with van der Waals surface area (Å²) in [5, 5.41) is 0. The number of amides is 2. The molecule has 0 N–H and O–H groups in total. The van der Waals surface area contributed by atoms with Gasteiger partial charge in [0.05, 0.1) is 12.3 Å². The van der Waals surface area contributed by atoms with Crippen LogP contribution in [0.25, 0.3) is 0 Å². The number of nitrogens with zero attached hydrogens (tertiary/aromatic N) is 2. The summed E-state index contributed by atoms with van der Waals surface area (Å²) in [6.07, 6.45) is 1.73. The number of benzene rings is 2. The van der Waals surface area contributed by atoms with Crippen LogP contribution in [0.1, 0.15) is 40.2 Å². The van der Waals surface area contributed by atoms with Crippen molar-refractivity contribution in [2.75, 3.05) is 13.7 Å². The van der Waals surface area contributed by atoms with Gasteiger partial charge in [-0.1, -0.05) is 54.6 Å². The molecule has 0 saturated heterocycles. The summed E-state index contributed by atoms with van der Waals surface area (Å²) in [4.78, 5) is 41.8. The molecule has 0 spiro atoms. The first-order valence-corrected chi connectivity index (χ1v) is 10.8. The number of hydrogen-bond acceptors (Lipinski definition) is 5. The predicted molar refractivity (Wildman–Crippen MR) is 121 cm³/mol. The van der Waals surface area contributed by atoms with E-state index in [-0.39, 0.29) is 24.3 Å². The lowest BCUT2D eigenvalue weighted by atomic mass is 9.93. The van der Waals surface area contributed by atoms with Gasteiger partial charge in [-0.15, -0.1) is 0 Å². The molecule has 0 radical (unpaired) electrons. The largest absolute Gasteiger partial charge is 0.459 e. The molecule has 7 nitrogen and oxygen atoms in total. The summed E-state index contributed by atoms with van der Waals surface area (Å²) in [7, 11) is 1.68. The van der Waals surface area contributed by atoms with Crippen LogP contribution in [0.4, 0.5) is 0 Å². The van der Waals surface area contributed by atoms with Gasteiger partial charge in [0.25, 0.3) is 11.8 Å². The van der Waals surface area contributed by atoms with Gasteiger partial charge in [0.1, 0.15) is 6.04 Å². The molecule has 0 aliphatic carbocycles. The van der Waals surface area contributed by atoms with Crippen LogP contribution in [0.2, 0.25) is 0 Å². The molecule has 0 fully saturated rings. The molecule has 2 unspecified atom stereocenters. The van der Waals surface area contributed by atoms with Gasteiger partial charge in [0.2, 0.25) is 0 Å². The molecule has 4 rings (SSSR count). The lowest BCUT2D eigenvalue weighted by Crippen LogP contribution is -2.49. The van der Waals surface area contributed by atoms with Gasteiger partial charge in [-0.3, -0.25) is 9.59 Å². The first-order valence-electron chi connectivity index (χ1n) is 10.8. The Morgan fingerprint density at radius 3 is 2.42 bits per heavy atom. The van der Waals surface area contributed by atoms with Gasteiger partial charge in [-0.05, 0) is 35.7 Å². The number of fused-ring (bicyclic) bond motifs is 1. The van der Waals surface area contributed by atoms with Crippen LogP contribution in [-0.4, -0.2) is 47.3 Å². The molecule has 0 saturated carbocycles. The molecule has 1 aliphatic rings.